The third-order valence-corrected chi connectivity index (χ3v) is 6.82. The molecule has 0 spiro atoms. The monoisotopic (exact) mass is 390 g/mol. The summed E-state index contributed by atoms with van der Waals surface area (Å²) in [4.78, 5) is 34.0. The molecular formula is C20H30N4O2S. The van der Waals surface area contributed by atoms with Gasteiger partial charge in [-0.15, -0.1) is 0 Å². The van der Waals surface area contributed by atoms with Crippen LogP contribution < -0.4 is 0 Å². The average molecular weight is 391 g/mol. The van der Waals surface area contributed by atoms with Crippen molar-refractivity contribution in [2.24, 2.45) is 5.92 Å². The number of carbonyl (C=O) groups is 2. The summed E-state index contributed by atoms with van der Waals surface area (Å²) in [5.74, 6) is 0.234. The highest BCUT2D eigenvalue weighted by Crippen LogP contribution is 2.22. The number of amides is 3. The molecule has 7 heteroatoms. The van der Waals surface area contributed by atoms with Crippen molar-refractivity contribution in [3.63, 3.8) is 0 Å². The minimum absolute atomic E-state index is 0.0197. The standard InChI is InChI=1S/C20H30N4O2S/c25-19(22-11-9-21(10-12-22)14-17-5-13-27-16-17)18-4-3-8-24(15-18)20(26)23-6-1-2-7-23/h5,13,16,18H,1-4,6-12,14-15H2/t18-/m1/s1. The van der Waals surface area contributed by atoms with Crippen LogP contribution in [0.3, 0.4) is 0 Å². The van der Waals surface area contributed by atoms with Gasteiger partial charge in [0.1, 0.15) is 0 Å². The normalized spacial score (nSPS) is 24.4. The van der Waals surface area contributed by atoms with Gasteiger partial charge < -0.3 is 14.7 Å². The molecule has 1 aromatic rings. The number of likely N-dealkylation sites (tertiary alicyclic amines) is 2. The molecule has 27 heavy (non-hydrogen) atoms. The first-order valence-electron chi connectivity index (χ1n) is 10.3. The zero-order valence-electron chi connectivity index (χ0n) is 16.0. The highest BCUT2D eigenvalue weighted by Gasteiger charge is 2.34. The van der Waals surface area contributed by atoms with Gasteiger partial charge in [-0.2, -0.15) is 11.3 Å². The summed E-state index contributed by atoms with van der Waals surface area (Å²) < 4.78 is 0. The number of hydrogen-bond donors (Lipinski definition) is 0. The van der Waals surface area contributed by atoms with E-state index < -0.39 is 0 Å². The maximum Gasteiger partial charge on any atom is 0.320 e. The highest BCUT2D eigenvalue weighted by atomic mass is 32.1. The summed E-state index contributed by atoms with van der Waals surface area (Å²) in [5, 5.41) is 4.32. The predicted octanol–water partition coefficient (Wildman–Crippen LogP) is 2.32. The van der Waals surface area contributed by atoms with Gasteiger partial charge in [0.2, 0.25) is 5.91 Å². The lowest BCUT2D eigenvalue weighted by Gasteiger charge is -2.39. The Bertz CT molecular complexity index is 636. The molecule has 0 radical (unpaired) electrons. The Labute approximate surface area is 165 Å². The van der Waals surface area contributed by atoms with Crippen LogP contribution in [0.2, 0.25) is 0 Å². The molecule has 1 atom stereocenters. The molecule has 0 saturated carbocycles. The fourth-order valence-corrected chi connectivity index (χ4v) is 5.15. The van der Waals surface area contributed by atoms with Crippen molar-refractivity contribution in [2.75, 3.05) is 52.4 Å². The van der Waals surface area contributed by atoms with Crippen molar-refractivity contribution < 1.29 is 9.59 Å². The third kappa shape index (κ3) is 4.46. The minimum atomic E-state index is -0.0197. The van der Waals surface area contributed by atoms with E-state index >= 15 is 0 Å². The van der Waals surface area contributed by atoms with Crippen LogP contribution in [0, 0.1) is 5.92 Å². The van der Waals surface area contributed by atoms with E-state index in [2.05, 4.69) is 21.7 Å². The lowest BCUT2D eigenvalue weighted by atomic mass is 9.96. The number of piperazine rings is 1. The molecule has 3 fully saturated rings. The van der Waals surface area contributed by atoms with Crippen molar-refractivity contribution in [1.29, 1.82) is 0 Å². The van der Waals surface area contributed by atoms with Crippen molar-refractivity contribution >= 4 is 23.3 Å². The molecule has 148 valence electrons. The van der Waals surface area contributed by atoms with E-state index in [0.717, 1.165) is 78.0 Å². The molecule has 0 bridgehead atoms. The SMILES string of the molecule is O=C([C@@H]1CCCN(C(=O)N2CCCC2)C1)N1CCN(Cc2ccsc2)CC1. The Morgan fingerprint density at radius 2 is 1.67 bits per heavy atom. The number of urea groups is 1. The fraction of sp³-hybridized carbons (Fsp3) is 0.700. The Morgan fingerprint density at radius 1 is 0.926 bits per heavy atom. The van der Waals surface area contributed by atoms with Crippen LogP contribution in [0.5, 0.6) is 0 Å². The van der Waals surface area contributed by atoms with Gasteiger partial charge in [0, 0.05) is 58.9 Å². The Balaban J connectivity index is 1.27. The highest BCUT2D eigenvalue weighted by molar-refractivity contribution is 7.07. The van der Waals surface area contributed by atoms with Crippen molar-refractivity contribution in [3.05, 3.63) is 22.4 Å². The summed E-state index contributed by atoms with van der Waals surface area (Å²) in [6.45, 7) is 7.61. The first kappa shape index (κ1) is 18.7. The molecule has 0 N–H and O–H groups in total. The summed E-state index contributed by atoms with van der Waals surface area (Å²) in [6.07, 6.45) is 4.07. The number of nitrogens with zero attached hydrogens (tertiary/aromatic N) is 4. The number of rotatable bonds is 3. The molecule has 3 aliphatic heterocycles. The zero-order chi connectivity index (χ0) is 18.6. The second-order valence-electron chi connectivity index (χ2n) is 7.99. The summed E-state index contributed by atoms with van der Waals surface area (Å²) in [6, 6.07) is 2.32. The van der Waals surface area contributed by atoms with Gasteiger partial charge in [-0.1, -0.05) is 0 Å². The molecular weight excluding hydrogens is 360 g/mol. The van der Waals surface area contributed by atoms with E-state index in [1.165, 1.54) is 5.56 Å². The second kappa shape index (κ2) is 8.61. The molecule has 4 heterocycles. The largest absolute Gasteiger partial charge is 0.340 e. The molecule has 0 aromatic carbocycles. The lowest BCUT2D eigenvalue weighted by Crippen LogP contribution is -2.54. The van der Waals surface area contributed by atoms with Gasteiger partial charge in [0.05, 0.1) is 5.92 Å². The molecule has 4 rings (SSSR count). The number of thiophene rings is 1. The van der Waals surface area contributed by atoms with E-state index in [1.807, 2.05) is 14.7 Å². The number of piperidine rings is 1. The summed E-state index contributed by atoms with van der Waals surface area (Å²) in [7, 11) is 0. The maximum atomic E-state index is 13.0. The van der Waals surface area contributed by atoms with E-state index in [0.29, 0.717) is 6.54 Å². The number of carbonyl (C=O) groups excluding carboxylic acids is 2. The smallest absolute Gasteiger partial charge is 0.320 e. The van der Waals surface area contributed by atoms with Gasteiger partial charge in [-0.3, -0.25) is 9.69 Å². The van der Waals surface area contributed by atoms with Crippen LogP contribution >= 0.6 is 11.3 Å². The summed E-state index contributed by atoms with van der Waals surface area (Å²) >= 11 is 1.74. The first-order valence-corrected chi connectivity index (χ1v) is 11.2. The first-order chi connectivity index (χ1) is 13.2. The van der Waals surface area contributed by atoms with E-state index in [4.69, 9.17) is 0 Å². The maximum absolute atomic E-state index is 13.0. The molecule has 0 unspecified atom stereocenters. The van der Waals surface area contributed by atoms with Crippen LogP contribution in [-0.4, -0.2) is 83.9 Å². The quantitative estimate of drug-likeness (QED) is 0.796. The second-order valence-corrected chi connectivity index (χ2v) is 8.77. The van der Waals surface area contributed by atoms with Gasteiger partial charge in [0.15, 0.2) is 0 Å². The van der Waals surface area contributed by atoms with Crippen molar-refractivity contribution in [1.82, 2.24) is 19.6 Å². The van der Waals surface area contributed by atoms with Gasteiger partial charge >= 0.3 is 6.03 Å². The van der Waals surface area contributed by atoms with Gasteiger partial charge in [-0.25, -0.2) is 4.79 Å². The average Bonchev–Trinajstić information content (AvgIpc) is 3.42. The predicted molar refractivity (Wildman–Crippen MR) is 107 cm³/mol. The topological polar surface area (TPSA) is 47.1 Å². The Kier molecular flexibility index (Phi) is 5.98. The van der Waals surface area contributed by atoms with E-state index in [-0.39, 0.29) is 17.9 Å². The van der Waals surface area contributed by atoms with Gasteiger partial charge in [0.25, 0.3) is 0 Å². The van der Waals surface area contributed by atoms with Crippen LogP contribution in [0.1, 0.15) is 31.2 Å². The minimum Gasteiger partial charge on any atom is -0.340 e. The van der Waals surface area contributed by atoms with E-state index in [9.17, 15) is 9.59 Å². The molecule has 6 nitrogen and oxygen atoms in total. The summed E-state index contributed by atoms with van der Waals surface area (Å²) in [5.41, 5.74) is 1.36. The van der Waals surface area contributed by atoms with Gasteiger partial charge in [-0.05, 0) is 48.1 Å². The Morgan fingerprint density at radius 3 is 2.37 bits per heavy atom. The lowest BCUT2D eigenvalue weighted by molar-refractivity contribution is -0.138. The van der Waals surface area contributed by atoms with Crippen LogP contribution in [0.4, 0.5) is 4.79 Å². The molecule has 3 saturated heterocycles. The third-order valence-electron chi connectivity index (χ3n) is 6.09. The molecule has 3 amide bonds. The Hall–Kier alpha value is -1.60. The van der Waals surface area contributed by atoms with Crippen LogP contribution in [-0.2, 0) is 11.3 Å². The van der Waals surface area contributed by atoms with Crippen molar-refractivity contribution in [2.45, 2.75) is 32.2 Å². The van der Waals surface area contributed by atoms with Crippen molar-refractivity contribution in [3.8, 4) is 0 Å². The molecule has 1 aromatic heterocycles. The molecule has 3 aliphatic rings. The van der Waals surface area contributed by atoms with Crippen LogP contribution in [0.25, 0.3) is 0 Å². The van der Waals surface area contributed by atoms with E-state index in [1.54, 1.807) is 11.3 Å². The number of hydrogen-bond acceptors (Lipinski definition) is 4. The van der Waals surface area contributed by atoms with Crippen LogP contribution in [0.15, 0.2) is 16.8 Å². The molecule has 0 aliphatic carbocycles. The zero-order valence-corrected chi connectivity index (χ0v) is 16.8. The fourth-order valence-electron chi connectivity index (χ4n) is 4.49.